The molecule has 1 aromatic carbocycles. The third-order valence-electron chi connectivity index (χ3n) is 4.54. The molecule has 1 aliphatic rings. The molecule has 4 nitrogen and oxygen atoms in total. The predicted molar refractivity (Wildman–Crippen MR) is 90.8 cm³/mol. The van der Waals surface area contributed by atoms with Gasteiger partial charge in [-0.15, -0.1) is 0 Å². The highest BCUT2D eigenvalue weighted by atomic mass is 19.3. The lowest BCUT2D eigenvalue weighted by atomic mass is 10.1. The summed E-state index contributed by atoms with van der Waals surface area (Å²) in [4.78, 5) is 13.0. The van der Waals surface area contributed by atoms with Crippen molar-refractivity contribution in [1.29, 1.82) is 0 Å². The van der Waals surface area contributed by atoms with Gasteiger partial charge in [-0.3, -0.25) is 9.69 Å². The maximum absolute atomic E-state index is 13.2. The number of aryl methyl sites for hydroxylation is 1. The number of aromatic nitrogens is 1. The Bertz CT molecular complexity index is 782. The molecule has 0 bridgehead atoms. The Balaban J connectivity index is 1.64. The standard InChI is InChI=1S/C18H21F2N3O/c1-13(17(21)24)14-3-4-16-15(11-14)5-9-23(16)8-2-7-22-10-6-18(19,20)12-22/h3-5,9,11H,1-2,6-8,10,12H2,(H2,21,24). The Morgan fingerprint density at radius 2 is 2.08 bits per heavy atom. The largest absolute Gasteiger partial charge is 0.366 e. The van der Waals surface area contributed by atoms with Gasteiger partial charge >= 0.3 is 0 Å². The van der Waals surface area contributed by atoms with Crippen LogP contribution in [0.5, 0.6) is 0 Å². The van der Waals surface area contributed by atoms with Crippen molar-refractivity contribution < 1.29 is 13.6 Å². The second kappa shape index (κ2) is 6.36. The molecule has 1 aromatic heterocycles. The molecule has 2 heterocycles. The first-order chi connectivity index (χ1) is 11.4. The fourth-order valence-corrected chi connectivity index (χ4v) is 3.19. The van der Waals surface area contributed by atoms with E-state index in [2.05, 4.69) is 11.1 Å². The molecular formula is C18H21F2N3O. The molecule has 1 aliphatic heterocycles. The van der Waals surface area contributed by atoms with Crippen LogP contribution in [0.2, 0.25) is 0 Å². The number of amides is 1. The number of benzene rings is 1. The Hall–Kier alpha value is -2.21. The maximum atomic E-state index is 13.2. The number of fused-ring (bicyclic) bond motifs is 1. The van der Waals surface area contributed by atoms with Crippen LogP contribution >= 0.6 is 0 Å². The van der Waals surface area contributed by atoms with Crippen LogP contribution in [0.4, 0.5) is 8.78 Å². The molecule has 1 fully saturated rings. The van der Waals surface area contributed by atoms with Gasteiger partial charge in [0.2, 0.25) is 5.91 Å². The van der Waals surface area contributed by atoms with Crippen molar-refractivity contribution in [3.63, 3.8) is 0 Å². The number of alkyl halides is 2. The number of nitrogens with two attached hydrogens (primary N) is 1. The molecule has 0 radical (unpaired) electrons. The molecule has 3 rings (SSSR count). The van der Waals surface area contributed by atoms with Crippen molar-refractivity contribution in [3.05, 3.63) is 42.6 Å². The van der Waals surface area contributed by atoms with Crippen LogP contribution in [0.3, 0.4) is 0 Å². The van der Waals surface area contributed by atoms with Crippen molar-refractivity contribution in [2.75, 3.05) is 19.6 Å². The van der Waals surface area contributed by atoms with Gasteiger partial charge in [-0.25, -0.2) is 8.78 Å². The van der Waals surface area contributed by atoms with E-state index in [1.807, 2.05) is 35.4 Å². The molecule has 0 unspecified atom stereocenters. The number of primary amides is 1. The van der Waals surface area contributed by atoms with Crippen LogP contribution in [-0.4, -0.2) is 40.9 Å². The maximum Gasteiger partial charge on any atom is 0.261 e. The van der Waals surface area contributed by atoms with E-state index in [1.54, 1.807) is 0 Å². The van der Waals surface area contributed by atoms with Gasteiger partial charge in [-0.05, 0) is 30.2 Å². The molecular weight excluding hydrogens is 312 g/mol. The lowest BCUT2D eigenvalue weighted by Gasteiger charge is -2.15. The van der Waals surface area contributed by atoms with E-state index in [0.717, 1.165) is 23.9 Å². The topological polar surface area (TPSA) is 51.3 Å². The van der Waals surface area contributed by atoms with Crippen LogP contribution < -0.4 is 5.73 Å². The SMILES string of the molecule is C=C(C(N)=O)c1ccc2c(ccn2CCCN2CCC(F)(F)C2)c1. The Morgan fingerprint density at radius 1 is 1.29 bits per heavy atom. The highest BCUT2D eigenvalue weighted by Gasteiger charge is 2.37. The predicted octanol–water partition coefficient (Wildman–Crippen LogP) is 2.87. The summed E-state index contributed by atoms with van der Waals surface area (Å²) >= 11 is 0. The number of hydrogen-bond donors (Lipinski definition) is 1. The minimum Gasteiger partial charge on any atom is -0.366 e. The molecule has 128 valence electrons. The summed E-state index contributed by atoms with van der Waals surface area (Å²) in [5, 5.41) is 1.00. The summed E-state index contributed by atoms with van der Waals surface area (Å²) in [6, 6.07) is 7.62. The van der Waals surface area contributed by atoms with Gasteiger partial charge in [0.15, 0.2) is 0 Å². The first-order valence-electron chi connectivity index (χ1n) is 8.04. The van der Waals surface area contributed by atoms with Crippen molar-refractivity contribution >= 4 is 22.4 Å². The number of likely N-dealkylation sites (tertiary alicyclic amines) is 1. The number of nitrogens with zero attached hydrogens (tertiary/aromatic N) is 2. The van der Waals surface area contributed by atoms with E-state index >= 15 is 0 Å². The number of carbonyl (C=O) groups is 1. The smallest absolute Gasteiger partial charge is 0.261 e. The van der Waals surface area contributed by atoms with E-state index in [-0.39, 0.29) is 13.0 Å². The van der Waals surface area contributed by atoms with Crippen molar-refractivity contribution in [3.8, 4) is 0 Å². The molecule has 0 aliphatic carbocycles. The molecule has 1 amide bonds. The fourth-order valence-electron chi connectivity index (χ4n) is 3.19. The Labute approximate surface area is 139 Å². The molecule has 1 saturated heterocycles. The second-order valence-corrected chi connectivity index (χ2v) is 6.36. The summed E-state index contributed by atoms with van der Waals surface area (Å²) in [7, 11) is 0. The summed E-state index contributed by atoms with van der Waals surface area (Å²) in [5.74, 6) is -3.06. The number of halogens is 2. The van der Waals surface area contributed by atoms with Gasteiger partial charge in [-0.1, -0.05) is 12.6 Å². The fraction of sp³-hybridized carbons (Fsp3) is 0.389. The highest BCUT2D eigenvalue weighted by molar-refractivity contribution is 6.18. The average Bonchev–Trinajstić information content (AvgIpc) is 3.09. The van der Waals surface area contributed by atoms with Crippen molar-refractivity contribution in [2.45, 2.75) is 25.3 Å². The molecule has 24 heavy (non-hydrogen) atoms. The normalized spacial score (nSPS) is 17.4. The number of hydrogen-bond acceptors (Lipinski definition) is 2. The van der Waals surface area contributed by atoms with Crippen LogP contribution in [0.25, 0.3) is 16.5 Å². The average molecular weight is 333 g/mol. The molecule has 2 N–H and O–H groups in total. The zero-order chi connectivity index (χ0) is 17.3. The molecule has 0 spiro atoms. The van der Waals surface area contributed by atoms with Crippen LogP contribution in [-0.2, 0) is 11.3 Å². The lowest BCUT2D eigenvalue weighted by molar-refractivity contribution is -0.112. The zero-order valence-electron chi connectivity index (χ0n) is 13.5. The minimum absolute atomic E-state index is 0.0357. The van der Waals surface area contributed by atoms with E-state index < -0.39 is 11.8 Å². The van der Waals surface area contributed by atoms with Gasteiger partial charge in [0.25, 0.3) is 5.92 Å². The van der Waals surface area contributed by atoms with Crippen LogP contribution in [0.15, 0.2) is 37.0 Å². The van der Waals surface area contributed by atoms with Crippen molar-refractivity contribution in [2.24, 2.45) is 5.73 Å². The van der Waals surface area contributed by atoms with Gasteiger partial charge in [0.1, 0.15) is 0 Å². The van der Waals surface area contributed by atoms with Gasteiger partial charge in [-0.2, -0.15) is 0 Å². The summed E-state index contributed by atoms with van der Waals surface area (Å²) in [6.07, 6.45) is 2.75. The first-order valence-corrected chi connectivity index (χ1v) is 8.04. The second-order valence-electron chi connectivity index (χ2n) is 6.36. The monoisotopic (exact) mass is 333 g/mol. The number of rotatable bonds is 6. The molecule has 2 aromatic rings. The summed E-state index contributed by atoms with van der Waals surface area (Å²) < 4.78 is 28.5. The first kappa shape index (κ1) is 16.6. The van der Waals surface area contributed by atoms with Gasteiger partial charge < -0.3 is 10.3 Å². The Kier molecular flexibility index (Phi) is 4.41. The van der Waals surface area contributed by atoms with E-state index in [9.17, 15) is 13.6 Å². The van der Waals surface area contributed by atoms with Gasteiger partial charge in [0.05, 0.1) is 6.54 Å². The number of carbonyl (C=O) groups excluding carboxylic acids is 1. The van der Waals surface area contributed by atoms with E-state index in [0.29, 0.717) is 24.2 Å². The minimum atomic E-state index is -2.53. The van der Waals surface area contributed by atoms with Crippen LogP contribution in [0, 0.1) is 0 Å². The van der Waals surface area contributed by atoms with Crippen LogP contribution in [0.1, 0.15) is 18.4 Å². The molecule has 6 heteroatoms. The quantitative estimate of drug-likeness (QED) is 0.827. The van der Waals surface area contributed by atoms with E-state index in [1.165, 1.54) is 0 Å². The van der Waals surface area contributed by atoms with E-state index in [4.69, 9.17) is 5.73 Å². The highest BCUT2D eigenvalue weighted by Crippen LogP contribution is 2.27. The molecule has 0 atom stereocenters. The summed E-state index contributed by atoms with van der Waals surface area (Å²) in [6.45, 7) is 5.48. The third-order valence-corrected chi connectivity index (χ3v) is 4.54. The molecule has 0 saturated carbocycles. The third kappa shape index (κ3) is 3.48. The summed E-state index contributed by atoms with van der Waals surface area (Å²) in [5.41, 5.74) is 7.31. The van der Waals surface area contributed by atoms with Crippen molar-refractivity contribution in [1.82, 2.24) is 9.47 Å². The lowest BCUT2D eigenvalue weighted by Crippen LogP contribution is -2.26. The zero-order valence-corrected chi connectivity index (χ0v) is 13.5. The Morgan fingerprint density at radius 3 is 2.75 bits per heavy atom. The van der Waals surface area contributed by atoms with Gasteiger partial charge in [0, 0.05) is 48.7 Å².